The number of halogens is 2. The fourth-order valence-electron chi connectivity index (χ4n) is 2.51. The standard InChI is InChI=1S/C15H15Cl2N5O.2CH4O3S/c1-21-5-4-19-14(21)7-15(23,8-22-10-18-9-20-22)12-3-2-11(16)6-13(12)17;2*1-5(2,3)4/h2-6,9-10,23H,7-8H2,1H3;2*1H3,(H,2,3,4). The molecule has 0 fully saturated rings. The fourth-order valence-corrected chi connectivity index (χ4v) is 3.10. The Morgan fingerprint density at radius 2 is 1.67 bits per heavy atom. The monoisotopic (exact) mass is 543 g/mol. The molecule has 0 saturated heterocycles. The van der Waals surface area contributed by atoms with Gasteiger partial charge in [0.1, 0.15) is 24.1 Å². The van der Waals surface area contributed by atoms with Crippen LogP contribution in [0.5, 0.6) is 0 Å². The molecule has 1 atom stereocenters. The van der Waals surface area contributed by atoms with E-state index >= 15 is 0 Å². The van der Waals surface area contributed by atoms with Gasteiger partial charge in [-0.05, 0) is 12.1 Å². The largest absolute Gasteiger partial charge is 0.383 e. The van der Waals surface area contributed by atoms with Crippen molar-refractivity contribution >= 4 is 43.4 Å². The molecule has 33 heavy (non-hydrogen) atoms. The molecule has 0 radical (unpaired) electrons. The van der Waals surface area contributed by atoms with Crippen LogP contribution in [0, 0.1) is 0 Å². The summed E-state index contributed by atoms with van der Waals surface area (Å²) < 4.78 is 55.2. The minimum absolute atomic E-state index is 0.196. The topological polar surface area (TPSA) is 178 Å². The van der Waals surface area contributed by atoms with Gasteiger partial charge in [0.25, 0.3) is 20.2 Å². The first kappa shape index (κ1) is 29.0. The van der Waals surface area contributed by atoms with E-state index in [1.54, 1.807) is 35.4 Å². The average Bonchev–Trinajstić information content (AvgIpc) is 3.24. The van der Waals surface area contributed by atoms with Crippen LogP contribution >= 0.6 is 23.2 Å². The summed E-state index contributed by atoms with van der Waals surface area (Å²) in [6, 6.07) is 5.04. The summed E-state index contributed by atoms with van der Waals surface area (Å²) in [6.45, 7) is 0.196. The highest BCUT2D eigenvalue weighted by molar-refractivity contribution is 7.85. The second-order valence-corrected chi connectivity index (χ2v) is 10.6. The van der Waals surface area contributed by atoms with Crippen LogP contribution in [-0.2, 0) is 45.9 Å². The van der Waals surface area contributed by atoms with Gasteiger partial charge in [-0.2, -0.15) is 21.9 Å². The summed E-state index contributed by atoms with van der Waals surface area (Å²) in [5.41, 5.74) is -0.726. The molecule has 2 heterocycles. The molecule has 3 N–H and O–H groups in total. The number of aromatic nitrogens is 5. The predicted octanol–water partition coefficient (Wildman–Crippen LogP) is 1.46. The van der Waals surface area contributed by atoms with Crippen molar-refractivity contribution in [3.05, 3.63) is 64.7 Å². The van der Waals surface area contributed by atoms with Crippen LogP contribution in [0.3, 0.4) is 0 Å². The Morgan fingerprint density at radius 1 is 1.09 bits per heavy atom. The average molecular weight is 544 g/mol. The molecule has 184 valence electrons. The van der Waals surface area contributed by atoms with Crippen LogP contribution in [0.4, 0.5) is 0 Å². The third-order valence-electron chi connectivity index (χ3n) is 3.69. The number of nitrogens with zero attached hydrogens (tertiary/aromatic N) is 5. The number of benzene rings is 1. The van der Waals surface area contributed by atoms with Crippen molar-refractivity contribution in [3.8, 4) is 0 Å². The van der Waals surface area contributed by atoms with Crippen LogP contribution < -0.4 is 0 Å². The van der Waals surface area contributed by atoms with Gasteiger partial charge in [0, 0.05) is 41.5 Å². The highest BCUT2D eigenvalue weighted by atomic mass is 35.5. The lowest BCUT2D eigenvalue weighted by molar-refractivity contribution is 0.0127. The summed E-state index contributed by atoms with van der Waals surface area (Å²) in [4.78, 5) is 8.21. The van der Waals surface area contributed by atoms with E-state index in [0.717, 1.165) is 5.82 Å². The first-order valence-electron chi connectivity index (χ1n) is 8.79. The van der Waals surface area contributed by atoms with Crippen molar-refractivity contribution in [2.24, 2.45) is 7.05 Å². The second-order valence-electron chi connectivity index (χ2n) is 6.85. The Hall–Kier alpha value is -2.07. The molecule has 0 aliphatic carbocycles. The van der Waals surface area contributed by atoms with Gasteiger partial charge in [-0.25, -0.2) is 14.6 Å². The minimum atomic E-state index is -3.67. The zero-order valence-electron chi connectivity index (χ0n) is 17.7. The quantitative estimate of drug-likeness (QED) is 0.398. The molecular weight excluding hydrogens is 521 g/mol. The van der Waals surface area contributed by atoms with E-state index in [4.69, 9.17) is 32.3 Å². The van der Waals surface area contributed by atoms with Gasteiger partial charge in [-0.15, -0.1) is 0 Å². The maximum absolute atomic E-state index is 11.4. The number of rotatable bonds is 5. The van der Waals surface area contributed by atoms with Crippen LogP contribution in [-0.4, -0.2) is 67.9 Å². The Bertz CT molecular complexity index is 1200. The van der Waals surface area contributed by atoms with Crippen LogP contribution in [0.1, 0.15) is 11.4 Å². The Morgan fingerprint density at radius 3 is 2.09 bits per heavy atom. The minimum Gasteiger partial charge on any atom is -0.383 e. The van der Waals surface area contributed by atoms with Gasteiger partial charge in [-0.3, -0.25) is 9.11 Å². The van der Waals surface area contributed by atoms with Crippen LogP contribution in [0.2, 0.25) is 10.0 Å². The van der Waals surface area contributed by atoms with Crippen molar-refractivity contribution in [2.75, 3.05) is 12.5 Å². The van der Waals surface area contributed by atoms with Gasteiger partial charge in [0.15, 0.2) is 0 Å². The molecule has 3 aromatic rings. The molecular formula is C17H23Cl2N5O7S2. The first-order valence-corrected chi connectivity index (χ1v) is 13.2. The van der Waals surface area contributed by atoms with Gasteiger partial charge >= 0.3 is 0 Å². The highest BCUT2D eigenvalue weighted by Crippen LogP contribution is 2.34. The van der Waals surface area contributed by atoms with Crippen molar-refractivity contribution in [3.63, 3.8) is 0 Å². The summed E-state index contributed by atoms with van der Waals surface area (Å²) >= 11 is 12.3. The molecule has 3 rings (SSSR count). The molecule has 0 aliphatic rings. The van der Waals surface area contributed by atoms with E-state index in [2.05, 4.69) is 15.1 Å². The molecule has 0 bridgehead atoms. The Kier molecular flexibility index (Phi) is 10.4. The lowest BCUT2D eigenvalue weighted by Crippen LogP contribution is -2.35. The first-order chi connectivity index (χ1) is 15.0. The van der Waals surface area contributed by atoms with E-state index in [1.165, 1.54) is 6.33 Å². The Labute approximate surface area is 201 Å². The SMILES string of the molecule is CS(=O)(=O)O.CS(=O)(=O)O.Cn1ccnc1CC(O)(Cn1cncn1)c1ccc(Cl)cc1Cl. The molecule has 0 spiro atoms. The lowest BCUT2D eigenvalue weighted by atomic mass is 9.89. The molecule has 16 heteroatoms. The molecule has 2 aromatic heterocycles. The molecule has 0 aliphatic heterocycles. The fraction of sp³-hybridized carbons (Fsp3) is 0.353. The third kappa shape index (κ3) is 12.1. The van der Waals surface area contributed by atoms with E-state index in [9.17, 15) is 21.9 Å². The normalized spacial score (nSPS) is 13.2. The van der Waals surface area contributed by atoms with Gasteiger partial charge in [-0.1, -0.05) is 29.3 Å². The van der Waals surface area contributed by atoms with E-state index in [1.807, 2.05) is 17.8 Å². The summed E-state index contributed by atoms with van der Waals surface area (Å²) in [5.74, 6) is 0.735. The zero-order chi connectivity index (χ0) is 25.4. The number of aliphatic hydroxyl groups is 1. The van der Waals surface area contributed by atoms with Crippen LogP contribution in [0.25, 0.3) is 0 Å². The lowest BCUT2D eigenvalue weighted by Gasteiger charge is -2.29. The van der Waals surface area contributed by atoms with Crippen molar-refractivity contribution in [1.29, 1.82) is 0 Å². The van der Waals surface area contributed by atoms with Crippen molar-refractivity contribution in [2.45, 2.75) is 18.6 Å². The highest BCUT2D eigenvalue weighted by Gasteiger charge is 2.34. The number of hydrogen-bond donors (Lipinski definition) is 3. The maximum atomic E-state index is 11.4. The van der Waals surface area contributed by atoms with Gasteiger partial charge in [0.05, 0.1) is 19.1 Å². The number of hydrogen-bond acceptors (Lipinski definition) is 8. The molecule has 1 unspecified atom stereocenters. The molecule has 0 saturated carbocycles. The zero-order valence-corrected chi connectivity index (χ0v) is 20.9. The number of imidazole rings is 1. The molecule has 1 aromatic carbocycles. The summed E-state index contributed by atoms with van der Waals surface area (Å²) in [7, 11) is -5.46. The summed E-state index contributed by atoms with van der Waals surface area (Å²) in [5, 5.41) is 16.3. The third-order valence-corrected chi connectivity index (χ3v) is 4.24. The Balaban J connectivity index is 0.000000460. The summed E-state index contributed by atoms with van der Waals surface area (Å²) in [6.07, 6.45) is 8.19. The molecule has 0 amide bonds. The molecule has 12 nitrogen and oxygen atoms in total. The van der Waals surface area contributed by atoms with E-state index < -0.39 is 25.8 Å². The number of aryl methyl sites for hydroxylation is 1. The second kappa shape index (κ2) is 11.9. The maximum Gasteiger partial charge on any atom is 0.261 e. The predicted molar refractivity (Wildman–Crippen MR) is 122 cm³/mol. The van der Waals surface area contributed by atoms with E-state index in [0.29, 0.717) is 28.1 Å². The van der Waals surface area contributed by atoms with E-state index in [-0.39, 0.29) is 13.0 Å². The van der Waals surface area contributed by atoms with Crippen molar-refractivity contribution in [1.82, 2.24) is 24.3 Å². The van der Waals surface area contributed by atoms with Gasteiger partial charge < -0.3 is 9.67 Å². The van der Waals surface area contributed by atoms with Crippen molar-refractivity contribution < 1.29 is 31.0 Å². The smallest absolute Gasteiger partial charge is 0.261 e. The van der Waals surface area contributed by atoms with Crippen LogP contribution in [0.15, 0.2) is 43.2 Å². The van der Waals surface area contributed by atoms with Gasteiger partial charge in [0.2, 0.25) is 0 Å².